The summed E-state index contributed by atoms with van der Waals surface area (Å²) < 4.78 is 0. The lowest BCUT2D eigenvalue weighted by Crippen LogP contribution is -2.06. The molecule has 0 aromatic heterocycles. The lowest BCUT2D eigenvalue weighted by atomic mass is 9.87. The van der Waals surface area contributed by atoms with Gasteiger partial charge in [0.05, 0.1) is 0 Å². The van der Waals surface area contributed by atoms with E-state index in [0.717, 1.165) is 25.7 Å². The zero-order valence-corrected chi connectivity index (χ0v) is 11.7. The third kappa shape index (κ3) is 2.43. The van der Waals surface area contributed by atoms with Gasteiger partial charge in [0, 0.05) is 5.88 Å². The summed E-state index contributed by atoms with van der Waals surface area (Å²) in [5.41, 5.74) is 7.45. The molecular formula is C15H23Cl. The van der Waals surface area contributed by atoms with Gasteiger partial charge < -0.3 is 0 Å². The molecule has 0 aliphatic heterocycles. The van der Waals surface area contributed by atoms with Gasteiger partial charge in [0.15, 0.2) is 0 Å². The first-order valence-electron chi connectivity index (χ1n) is 6.44. The van der Waals surface area contributed by atoms with Crippen molar-refractivity contribution in [1.82, 2.24) is 0 Å². The topological polar surface area (TPSA) is 0 Å². The quantitative estimate of drug-likeness (QED) is 0.654. The molecule has 0 fully saturated rings. The Labute approximate surface area is 105 Å². The van der Waals surface area contributed by atoms with Gasteiger partial charge in [0.25, 0.3) is 0 Å². The molecule has 0 radical (unpaired) electrons. The maximum absolute atomic E-state index is 6.06. The molecule has 1 rings (SSSR count). The minimum absolute atomic E-state index is 0.646. The fourth-order valence-corrected chi connectivity index (χ4v) is 2.94. The van der Waals surface area contributed by atoms with Gasteiger partial charge in [-0.25, -0.2) is 0 Å². The third-order valence-electron chi connectivity index (χ3n) is 3.44. The van der Waals surface area contributed by atoms with Gasteiger partial charge in [-0.2, -0.15) is 0 Å². The van der Waals surface area contributed by atoms with Gasteiger partial charge in [-0.1, -0.05) is 33.8 Å². The number of hydrogen-bond acceptors (Lipinski definition) is 0. The van der Waals surface area contributed by atoms with Crippen LogP contribution in [-0.2, 0) is 31.6 Å². The number of hydrogen-bond donors (Lipinski definition) is 0. The molecule has 0 nitrogen and oxygen atoms in total. The van der Waals surface area contributed by atoms with Crippen LogP contribution in [0.15, 0.2) is 6.07 Å². The van der Waals surface area contributed by atoms with Crippen molar-refractivity contribution < 1.29 is 0 Å². The van der Waals surface area contributed by atoms with Gasteiger partial charge in [0.1, 0.15) is 0 Å². The van der Waals surface area contributed by atoms with Gasteiger partial charge >= 0.3 is 0 Å². The Balaban J connectivity index is 3.47. The standard InChI is InChI=1S/C15H23Cl/c1-5-11-9-12(10-16)14(7-3)15(8-4)13(11)6-2/h9H,5-8,10H2,1-4H3. The van der Waals surface area contributed by atoms with E-state index < -0.39 is 0 Å². The zero-order chi connectivity index (χ0) is 12.1. The molecule has 0 atom stereocenters. The smallest absolute Gasteiger partial charge is 0.0476 e. The number of benzene rings is 1. The van der Waals surface area contributed by atoms with Crippen molar-refractivity contribution in [1.29, 1.82) is 0 Å². The predicted molar refractivity (Wildman–Crippen MR) is 73.5 cm³/mol. The third-order valence-corrected chi connectivity index (χ3v) is 3.73. The number of rotatable bonds is 5. The molecule has 1 aromatic rings. The second-order valence-corrected chi connectivity index (χ2v) is 4.45. The maximum atomic E-state index is 6.06. The molecule has 90 valence electrons. The highest BCUT2D eigenvalue weighted by Gasteiger charge is 2.13. The first kappa shape index (κ1) is 13.6. The summed E-state index contributed by atoms with van der Waals surface area (Å²) in [6.45, 7) is 8.98. The van der Waals surface area contributed by atoms with E-state index in [-0.39, 0.29) is 0 Å². The van der Waals surface area contributed by atoms with Crippen molar-refractivity contribution in [2.75, 3.05) is 0 Å². The Morgan fingerprint density at radius 1 is 0.750 bits per heavy atom. The van der Waals surface area contributed by atoms with Crippen LogP contribution in [0, 0.1) is 0 Å². The van der Waals surface area contributed by atoms with E-state index in [9.17, 15) is 0 Å². The molecule has 0 bridgehead atoms. The fourth-order valence-electron chi connectivity index (χ4n) is 2.70. The van der Waals surface area contributed by atoms with Crippen LogP contribution in [0.2, 0.25) is 0 Å². The summed E-state index contributed by atoms with van der Waals surface area (Å²) in [6.07, 6.45) is 4.48. The molecule has 0 aliphatic carbocycles. The second-order valence-electron chi connectivity index (χ2n) is 4.18. The van der Waals surface area contributed by atoms with E-state index in [0.29, 0.717) is 5.88 Å². The molecule has 0 saturated heterocycles. The minimum Gasteiger partial charge on any atom is -0.122 e. The first-order chi connectivity index (χ1) is 7.73. The highest BCUT2D eigenvalue weighted by atomic mass is 35.5. The van der Waals surface area contributed by atoms with E-state index in [1.165, 1.54) is 16.7 Å². The molecule has 0 N–H and O–H groups in total. The molecule has 1 heteroatoms. The average Bonchev–Trinajstić information content (AvgIpc) is 2.35. The molecular weight excluding hydrogens is 216 g/mol. The van der Waals surface area contributed by atoms with Gasteiger partial charge in [-0.15, -0.1) is 11.6 Å². The Kier molecular flexibility index (Phi) is 5.34. The van der Waals surface area contributed by atoms with Crippen molar-refractivity contribution >= 4 is 11.6 Å². The summed E-state index contributed by atoms with van der Waals surface area (Å²) in [7, 11) is 0. The van der Waals surface area contributed by atoms with E-state index in [4.69, 9.17) is 11.6 Å². The fraction of sp³-hybridized carbons (Fsp3) is 0.600. The molecule has 0 amide bonds. The summed E-state index contributed by atoms with van der Waals surface area (Å²) in [5.74, 6) is 0.646. The van der Waals surface area contributed by atoms with Crippen molar-refractivity contribution in [2.24, 2.45) is 0 Å². The zero-order valence-electron chi connectivity index (χ0n) is 11.0. The SMILES string of the molecule is CCc1cc(CCl)c(CC)c(CC)c1CC. The maximum Gasteiger partial charge on any atom is 0.0476 e. The number of alkyl halides is 1. The lowest BCUT2D eigenvalue weighted by molar-refractivity contribution is 0.930. The molecule has 0 unspecified atom stereocenters. The molecule has 1 aromatic carbocycles. The van der Waals surface area contributed by atoms with Crippen LogP contribution in [0.4, 0.5) is 0 Å². The predicted octanol–water partition coefficient (Wildman–Crippen LogP) is 4.68. The Morgan fingerprint density at radius 3 is 1.62 bits per heavy atom. The van der Waals surface area contributed by atoms with Crippen molar-refractivity contribution in [2.45, 2.75) is 59.3 Å². The number of halogens is 1. The largest absolute Gasteiger partial charge is 0.122 e. The van der Waals surface area contributed by atoms with Crippen molar-refractivity contribution in [3.05, 3.63) is 33.9 Å². The van der Waals surface area contributed by atoms with Gasteiger partial charge in [-0.3, -0.25) is 0 Å². The molecule has 0 heterocycles. The molecule has 0 spiro atoms. The first-order valence-corrected chi connectivity index (χ1v) is 6.98. The summed E-state index contributed by atoms with van der Waals surface area (Å²) in [5, 5.41) is 0. The number of aryl methyl sites for hydroxylation is 1. The summed E-state index contributed by atoms with van der Waals surface area (Å²) in [4.78, 5) is 0. The normalized spacial score (nSPS) is 10.8. The molecule has 16 heavy (non-hydrogen) atoms. The average molecular weight is 239 g/mol. The highest BCUT2D eigenvalue weighted by molar-refractivity contribution is 6.17. The van der Waals surface area contributed by atoms with E-state index in [1.54, 1.807) is 11.1 Å². The van der Waals surface area contributed by atoms with Crippen molar-refractivity contribution in [3.63, 3.8) is 0 Å². The molecule has 0 aliphatic rings. The van der Waals surface area contributed by atoms with E-state index in [1.807, 2.05) is 0 Å². The summed E-state index contributed by atoms with van der Waals surface area (Å²) in [6, 6.07) is 2.32. The van der Waals surface area contributed by atoms with Crippen LogP contribution in [0.3, 0.4) is 0 Å². The van der Waals surface area contributed by atoms with Gasteiger partial charge in [0.2, 0.25) is 0 Å². The van der Waals surface area contributed by atoms with Crippen LogP contribution >= 0.6 is 11.6 Å². The van der Waals surface area contributed by atoms with E-state index in [2.05, 4.69) is 33.8 Å². The Hall–Kier alpha value is -0.490. The minimum atomic E-state index is 0.646. The van der Waals surface area contributed by atoms with Gasteiger partial charge in [-0.05, 0) is 53.5 Å². The summed E-state index contributed by atoms with van der Waals surface area (Å²) >= 11 is 6.06. The monoisotopic (exact) mass is 238 g/mol. The van der Waals surface area contributed by atoms with Crippen LogP contribution in [0.5, 0.6) is 0 Å². The highest BCUT2D eigenvalue weighted by Crippen LogP contribution is 2.27. The lowest BCUT2D eigenvalue weighted by Gasteiger charge is -2.19. The van der Waals surface area contributed by atoms with Crippen LogP contribution in [0.25, 0.3) is 0 Å². The molecule has 0 saturated carbocycles. The van der Waals surface area contributed by atoms with Crippen LogP contribution in [0.1, 0.15) is 55.5 Å². The second kappa shape index (κ2) is 6.30. The Morgan fingerprint density at radius 2 is 1.25 bits per heavy atom. The van der Waals surface area contributed by atoms with Crippen LogP contribution in [-0.4, -0.2) is 0 Å². The Bertz CT molecular complexity index is 323. The van der Waals surface area contributed by atoms with E-state index >= 15 is 0 Å². The van der Waals surface area contributed by atoms with Crippen molar-refractivity contribution in [3.8, 4) is 0 Å². The van der Waals surface area contributed by atoms with Crippen LogP contribution < -0.4 is 0 Å².